The zero-order valence-electron chi connectivity index (χ0n) is 74.0. The summed E-state index contributed by atoms with van der Waals surface area (Å²) in [6.45, 7) is 3.76. The number of rotatable bonds is 19. The van der Waals surface area contributed by atoms with Crippen LogP contribution in [-0.4, -0.2) is 310 Å². The first-order valence-electron chi connectivity index (χ1n) is 44.1. The number of aromatic hydroxyl groups is 1. The van der Waals surface area contributed by atoms with Crippen molar-refractivity contribution in [2.75, 3.05) is 65.4 Å². The maximum absolute atomic E-state index is 15.7. The molecule has 0 saturated carbocycles. The Hall–Kier alpha value is -12.8. The second-order valence-electron chi connectivity index (χ2n) is 33.7. The number of ketones is 1. The van der Waals surface area contributed by atoms with Gasteiger partial charge in [0.05, 0.1) is 37.4 Å². The number of para-hydroxylation sites is 2. The van der Waals surface area contributed by atoms with Gasteiger partial charge in [-0.05, 0) is 99.7 Å². The Kier molecular flexibility index (Phi) is 35.9. The van der Waals surface area contributed by atoms with Gasteiger partial charge in [-0.3, -0.25) is 81.5 Å². The number of thioether (sulfide) groups is 1. The van der Waals surface area contributed by atoms with Crippen molar-refractivity contribution in [1.29, 1.82) is 0 Å². The maximum Gasteiger partial charge on any atom is 0.245 e. The van der Waals surface area contributed by atoms with Crippen LogP contribution in [0, 0.1) is 5.92 Å². The highest BCUT2D eigenvalue weighted by molar-refractivity contribution is 8.00. The van der Waals surface area contributed by atoms with E-state index >= 15 is 38.4 Å². The highest BCUT2D eigenvalue weighted by Crippen LogP contribution is 2.30. The minimum Gasteiger partial charge on any atom is -0.508 e. The highest BCUT2D eigenvalue weighted by atomic mass is 32.2. The molecule has 40 nitrogen and oxygen atoms in total. The Morgan fingerprint density at radius 1 is 0.569 bits per heavy atom. The third-order valence-electron chi connectivity index (χ3n) is 24.3. The van der Waals surface area contributed by atoms with Crippen molar-refractivity contribution >= 4 is 134 Å². The van der Waals surface area contributed by atoms with Crippen LogP contribution in [0.2, 0.25) is 0 Å². The van der Waals surface area contributed by atoms with Gasteiger partial charge in [-0.15, -0.1) is 11.8 Å². The van der Waals surface area contributed by atoms with E-state index < -0.39 is 242 Å². The fraction of sp³-hybridized carbons (Fsp3) is 0.528. The van der Waals surface area contributed by atoms with Crippen molar-refractivity contribution in [3.05, 3.63) is 120 Å². The monoisotopic (exact) mass is 1820 g/mol. The number of nitrogens with two attached hydrogens (primary N) is 1. The van der Waals surface area contributed by atoms with Crippen molar-refractivity contribution in [2.45, 2.75) is 228 Å². The van der Waals surface area contributed by atoms with Gasteiger partial charge < -0.3 is 114 Å². The molecule has 4 aliphatic rings. The zero-order chi connectivity index (χ0) is 94.2. The number of aromatic amines is 3. The quantitative estimate of drug-likeness (QED) is 0.0419. The Morgan fingerprint density at radius 3 is 1.84 bits per heavy atom. The van der Waals surface area contributed by atoms with Gasteiger partial charge in [-0.2, -0.15) is 0 Å². The molecule has 0 unspecified atom stereocenters. The number of phenolic OH excluding ortho intramolecular Hbond substituents is 1. The van der Waals surface area contributed by atoms with E-state index in [4.69, 9.17) is 5.73 Å². The molecule has 130 heavy (non-hydrogen) atoms. The van der Waals surface area contributed by atoms with E-state index in [2.05, 4.69) is 73.1 Å². The number of amides is 16. The molecule has 4 aliphatic heterocycles. The number of unbranched alkanes of at least 4 members (excludes halogenated alkanes) is 3. The van der Waals surface area contributed by atoms with E-state index in [1.165, 1.54) is 86.5 Å². The number of primary amides is 1. The van der Waals surface area contributed by atoms with Gasteiger partial charge in [0.15, 0.2) is 5.78 Å². The number of nitrogens with one attached hydrogen (secondary N) is 13. The fourth-order valence-corrected chi connectivity index (χ4v) is 17.6. The maximum atomic E-state index is 15.7. The molecule has 0 spiro atoms. The summed E-state index contributed by atoms with van der Waals surface area (Å²) in [4.78, 5) is 270. The van der Waals surface area contributed by atoms with Gasteiger partial charge in [0.2, 0.25) is 94.5 Å². The van der Waals surface area contributed by atoms with Gasteiger partial charge >= 0.3 is 0 Å². The Labute approximate surface area is 755 Å². The molecular weight excluding hydrogens is 1700 g/mol. The largest absolute Gasteiger partial charge is 0.508 e. The van der Waals surface area contributed by atoms with Crippen LogP contribution < -0.4 is 58.9 Å². The number of carbonyl (C=O) groups excluding carboxylic acids is 17. The number of H-pyrrole nitrogens is 3. The summed E-state index contributed by atoms with van der Waals surface area (Å²) >= 11 is 0.798. The van der Waals surface area contributed by atoms with E-state index in [-0.39, 0.29) is 82.4 Å². The molecule has 4 fully saturated rings. The molecule has 6 aromatic rings. The van der Waals surface area contributed by atoms with Gasteiger partial charge in [-0.25, -0.2) is 4.98 Å². The zero-order valence-corrected chi connectivity index (χ0v) is 74.8. The molecule has 3 aromatic carbocycles. The lowest BCUT2D eigenvalue weighted by molar-refractivity contribution is -0.149. The third kappa shape index (κ3) is 26.3. The van der Waals surface area contributed by atoms with E-state index in [1.54, 1.807) is 60.9 Å². The first-order valence-corrected chi connectivity index (χ1v) is 45.2. The molecule has 16 amide bonds. The van der Waals surface area contributed by atoms with Crippen molar-refractivity contribution in [2.24, 2.45) is 11.7 Å². The second-order valence-corrected chi connectivity index (χ2v) is 34.7. The number of phenols is 1. The lowest BCUT2D eigenvalue weighted by atomic mass is 9.90. The Balaban J connectivity index is 1.02. The number of aromatic nitrogens is 4. The fourth-order valence-electron chi connectivity index (χ4n) is 16.7. The van der Waals surface area contributed by atoms with E-state index in [1.807, 2.05) is 13.8 Å². The summed E-state index contributed by atoms with van der Waals surface area (Å²) in [5, 5.41) is 60.9. The van der Waals surface area contributed by atoms with Gasteiger partial charge in [0, 0.05) is 137 Å². The normalized spacial score (nSPS) is 26.0. The molecule has 2 bridgehead atoms. The lowest BCUT2D eigenvalue weighted by Gasteiger charge is -2.36. The molecule has 0 radical (unpaired) electrons. The first-order chi connectivity index (χ1) is 62.2. The van der Waals surface area contributed by atoms with E-state index in [9.17, 15) is 58.5 Å². The van der Waals surface area contributed by atoms with Crippen molar-refractivity contribution in [3.63, 3.8) is 0 Å². The molecular formula is C89H120N20O20S. The molecule has 0 aliphatic carbocycles. The minimum atomic E-state index is -1.85. The Bertz CT molecular complexity index is 5070. The average Bonchev–Trinajstić information content (AvgIpc) is 1.74. The highest BCUT2D eigenvalue weighted by Gasteiger charge is 2.47. The minimum absolute atomic E-state index is 0.0373. The molecule has 7 heterocycles. The average molecular weight is 1820 g/mol. The van der Waals surface area contributed by atoms with Crippen LogP contribution in [0.1, 0.15) is 140 Å². The lowest BCUT2D eigenvalue weighted by Crippen LogP contribution is -2.60. The van der Waals surface area contributed by atoms with Crippen LogP contribution in [0.5, 0.6) is 5.75 Å². The van der Waals surface area contributed by atoms with Gasteiger partial charge in [0.25, 0.3) is 0 Å². The third-order valence-corrected chi connectivity index (χ3v) is 25.3. The van der Waals surface area contributed by atoms with Crippen molar-refractivity contribution < 1.29 is 96.8 Å². The molecule has 41 heteroatoms. The van der Waals surface area contributed by atoms with Crippen molar-refractivity contribution in [1.82, 2.24) is 97.6 Å². The van der Waals surface area contributed by atoms with Crippen molar-refractivity contribution in [3.8, 4) is 5.75 Å². The number of hydrogen-bond acceptors (Lipinski definition) is 22. The summed E-state index contributed by atoms with van der Waals surface area (Å²) in [6, 6.07) is 0.345. The molecule has 15 atom stereocenters. The van der Waals surface area contributed by atoms with Crippen LogP contribution in [0.25, 0.3) is 21.8 Å². The summed E-state index contributed by atoms with van der Waals surface area (Å²) in [7, 11) is 4.00. The first kappa shape index (κ1) is 99.4. The van der Waals surface area contributed by atoms with Gasteiger partial charge in [-0.1, -0.05) is 94.5 Å². The number of imidazole rings is 1. The van der Waals surface area contributed by atoms with Crippen LogP contribution in [0.4, 0.5) is 0 Å². The van der Waals surface area contributed by atoms with E-state index in [0.29, 0.717) is 76.3 Å². The smallest absolute Gasteiger partial charge is 0.245 e. The standard InChI is InChI=1S/C89H120N20O20S/c1-8-10-12-23-71-89(129)106(6)69(22-11-9-2)83(123)97-49(3)77(117)104-68(80(120)95-43-74(90)114)46-130-47-76(116)98-65(34-51-25-27-56(111)28-26-51)85(125)105(5)50(4)78(118)99-62-29-30-75(115)92-32-31-63(100-81(121)64(38-55-42-91-48-96-55)101-84(124)70-24-17-33-108(70)87(62)127)88(128)109-44-57(112)39-72(109)73(113)37-52(35-53-40-93-60-20-15-13-18-58(53)60)79(119)103-67(45-110)82(122)102-66(86(126)107(71)7)36-54-41-94-61-21-16-14-19-59(54)61/h13-16,18-21,25-28,40-42,48-50,52,57,62-72,93-94,110-112H,8-12,17,22-24,29-39,43-47H2,1-7H3,(H2,90,114)(H,91,96)(H,92,115)(H,95,120)(H,97,123)(H,98,116)(H,99,118)(H,100,121)(H,101,124)(H,102,122)(H,103,119)(H,104,117)/t49-,50-,52+,57+,62-,63-,64-,65-,66-,67-,68-,69-,70-,71-,72-/m0/s1. The summed E-state index contributed by atoms with van der Waals surface area (Å²) in [6.07, 6.45) is 4.23. The Morgan fingerprint density at radius 2 is 1.18 bits per heavy atom. The topological polar surface area (TPSA) is 574 Å². The number of nitrogens with zero attached hydrogens (tertiary/aromatic N) is 6. The molecule has 10 rings (SSSR count). The number of likely N-dealkylation sites (N-methyl/N-ethyl adjacent to an activating group) is 3. The summed E-state index contributed by atoms with van der Waals surface area (Å²) < 4.78 is 0. The second kappa shape index (κ2) is 47.0. The summed E-state index contributed by atoms with van der Waals surface area (Å²) in [5.41, 5.74) is 8.53. The predicted octanol–water partition coefficient (Wildman–Crippen LogP) is -1.31. The molecule has 18 N–H and O–H groups in total. The molecule has 3 aromatic heterocycles. The van der Waals surface area contributed by atoms with Crippen LogP contribution in [0.15, 0.2) is 97.7 Å². The number of carbonyl (C=O) groups is 17. The van der Waals surface area contributed by atoms with E-state index in [0.717, 1.165) is 21.6 Å². The number of hydrogen-bond donors (Lipinski definition) is 17. The predicted molar refractivity (Wildman–Crippen MR) is 476 cm³/mol. The number of Topliss-reactive ketones (excluding diaryl/α,β-unsaturated/α-hetero) is 1. The number of fused-ring (bicyclic) bond motifs is 11. The number of aliphatic hydroxyl groups is 2. The number of aliphatic hydroxyl groups excluding tert-OH is 2. The van der Waals surface area contributed by atoms with Crippen LogP contribution in [-0.2, 0) is 107 Å². The van der Waals surface area contributed by atoms with Crippen LogP contribution in [0.3, 0.4) is 0 Å². The summed E-state index contributed by atoms with van der Waals surface area (Å²) in [5.74, 6) is -17.2. The van der Waals surface area contributed by atoms with Gasteiger partial charge in [0.1, 0.15) is 78.3 Å². The molecule has 4 saturated heterocycles. The molecule has 702 valence electrons. The number of benzene rings is 3. The van der Waals surface area contributed by atoms with Crippen LogP contribution >= 0.6 is 11.8 Å². The SMILES string of the molecule is CCCCC[C@H]1C(=O)N(C)[C@@H](CCCC)C(=O)N[C@@H](C)C(=O)N[C@H](C(=O)NCC(N)=O)CSCC(=O)N[C@@H](Cc2ccc(O)cc2)C(=O)N(C)[C@@H](C)C(=O)N[C@H]2CCC(=O)NCC[C@H](NC(=O)[C@H](Cc3cnc[nH]3)NC(=O)[C@@H]3CCCN3C2=O)C(=O)N2C[C@H](O)C[C@H]2C(=O)C[C@@H](Cc2c[nH]c3ccccc23)C(=O)N[C@@H](CO)C(=O)N[C@@H](Cc2c[nH]c3ccccc23)C(=O)N1C.